The van der Waals surface area contributed by atoms with Crippen LogP contribution in [0.3, 0.4) is 0 Å². The topological polar surface area (TPSA) is 23.6 Å². The van der Waals surface area contributed by atoms with Gasteiger partial charge >= 0.3 is 0 Å². The van der Waals surface area contributed by atoms with Gasteiger partial charge in [-0.25, -0.2) is 0 Å². The molecular weight excluding hydrogens is 212 g/mol. The fourth-order valence-corrected chi connectivity index (χ4v) is 3.37. The third kappa shape index (κ3) is 3.21. The van der Waals surface area contributed by atoms with Gasteiger partial charge in [0.15, 0.2) is 0 Å². The second-order valence-corrected chi connectivity index (χ2v) is 5.64. The summed E-state index contributed by atoms with van der Waals surface area (Å²) in [4.78, 5) is 15.9. The Labute approximate surface area is 105 Å². The van der Waals surface area contributed by atoms with Crippen molar-refractivity contribution in [3.8, 4) is 0 Å². The predicted octanol–water partition coefficient (Wildman–Crippen LogP) is 2.12. The van der Waals surface area contributed by atoms with E-state index in [0.717, 1.165) is 38.1 Å². The van der Waals surface area contributed by atoms with Crippen molar-refractivity contribution in [2.75, 3.05) is 26.2 Å². The lowest BCUT2D eigenvalue weighted by Gasteiger charge is -2.42. The molecule has 3 heteroatoms. The first-order valence-electron chi connectivity index (χ1n) is 7.20. The third-order valence-corrected chi connectivity index (χ3v) is 4.61. The monoisotopic (exact) mass is 238 g/mol. The van der Waals surface area contributed by atoms with Crippen molar-refractivity contribution in [3.63, 3.8) is 0 Å². The van der Waals surface area contributed by atoms with Gasteiger partial charge in [0, 0.05) is 39.1 Å². The zero-order valence-electron chi connectivity index (χ0n) is 11.3. The number of rotatable bonds is 2. The van der Waals surface area contributed by atoms with Gasteiger partial charge in [-0.1, -0.05) is 26.2 Å². The molecule has 2 rings (SSSR count). The summed E-state index contributed by atoms with van der Waals surface area (Å²) in [6, 6.07) is 0.794. The minimum atomic E-state index is 0.236. The molecule has 0 aromatic heterocycles. The lowest BCUT2D eigenvalue weighted by molar-refractivity contribution is -0.131. The van der Waals surface area contributed by atoms with Gasteiger partial charge in [0.2, 0.25) is 5.91 Å². The van der Waals surface area contributed by atoms with E-state index in [1.54, 1.807) is 6.92 Å². The molecule has 1 aliphatic heterocycles. The van der Waals surface area contributed by atoms with Crippen LogP contribution >= 0.6 is 0 Å². The third-order valence-electron chi connectivity index (χ3n) is 4.61. The van der Waals surface area contributed by atoms with E-state index in [1.165, 1.54) is 32.1 Å². The Balaban J connectivity index is 1.81. The highest BCUT2D eigenvalue weighted by molar-refractivity contribution is 5.73. The summed E-state index contributed by atoms with van der Waals surface area (Å²) in [5.41, 5.74) is 0. The first kappa shape index (κ1) is 12.9. The summed E-state index contributed by atoms with van der Waals surface area (Å²) in [7, 11) is 0. The normalized spacial score (nSPS) is 31.5. The maximum absolute atomic E-state index is 11.3. The number of hydrogen-bond acceptors (Lipinski definition) is 2. The van der Waals surface area contributed by atoms with Gasteiger partial charge in [-0.15, -0.1) is 0 Å². The van der Waals surface area contributed by atoms with Crippen molar-refractivity contribution in [2.45, 2.75) is 52.0 Å². The van der Waals surface area contributed by atoms with E-state index >= 15 is 0 Å². The van der Waals surface area contributed by atoms with Crippen LogP contribution in [-0.4, -0.2) is 47.9 Å². The highest BCUT2D eigenvalue weighted by Gasteiger charge is 2.28. The maximum atomic E-state index is 11.3. The van der Waals surface area contributed by atoms with E-state index in [4.69, 9.17) is 0 Å². The Kier molecular flexibility index (Phi) is 4.43. The van der Waals surface area contributed by atoms with Crippen LogP contribution in [0.15, 0.2) is 0 Å². The molecule has 17 heavy (non-hydrogen) atoms. The Bertz CT molecular complexity index is 259. The molecule has 0 radical (unpaired) electrons. The quantitative estimate of drug-likeness (QED) is 0.735. The Morgan fingerprint density at radius 3 is 2.47 bits per heavy atom. The number of amides is 1. The van der Waals surface area contributed by atoms with Gasteiger partial charge in [-0.2, -0.15) is 0 Å². The molecule has 0 bridgehead atoms. The van der Waals surface area contributed by atoms with Gasteiger partial charge in [-0.05, 0) is 18.8 Å². The predicted molar refractivity (Wildman–Crippen MR) is 69.9 cm³/mol. The van der Waals surface area contributed by atoms with E-state index in [0.29, 0.717) is 0 Å². The van der Waals surface area contributed by atoms with Crippen LogP contribution in [0.2, 0.25) is 0 Å². The fourth-order valence-electron chi connectivity index (χ4n) is 3.37. The molecule has 0 aromatic rings. The molecule has 2 aliphatic rings. The highest BCUT2D eigenvalue weighted by Crippen LogP contribution is 2.30. The van der Waals surface area contributed by atoms with Crippen LogP contribution < -0.4 is 0 Å². The number of carbonyl (C=O) groups excluding carboxylic acids is 1. The van der Waals surface area contributed by atoms with E-state index in [-0.39, 0.29) is 5.91 Å². The minimum absolute atomic E-state index is 0.236. The lowest BCUT2D eigenvalue weighted by Crippen LogP contribution is -2.52. The zero-order valence-corrected chi connectivity index (χ0v) is 11.3. The Morgan fingerprint density at radius 2 is 1.88 bits per heavy atom. The van der Waals surface area contributed by atoms with Crippen LogP contribution in [0.5, 0.6) is 0 Å². The highest BCUT2D eigenvalue weighted by atomic mass is 16.2. The Hall–Kier alpha value is -0.570. The van der Waals surface area contributed by atoms with Gasteiger partial charge in [0.25, 0.3) is 0 Å². The second kappa shape index (κ2) is 5.85. The van der Waals surface area contributed by atoms with Crippen molar-refractivity contribution in [3.05, 3.63) is 0 Å². The largest absolute Gasteiger partial charge is 0.340 e. The molecule has 0 N–H and O–H groups in total. The number of hydrogen-bond donors (Lipinski definition) is 0. The molecule has 1 heterocycles. The molecule has 3 nitrogen and oxygen atoms in total. The fraction of sp³-hybridized carbons (Fsp3) is 0.929. The van der Waals surface area contributed by atoms with Crippen molar-refractivity contribution in [2.24, 2.45) is 5.92 Å². The maximum Gasteiger partial charge on any atom is 0.219 e. The first-order valence-corrected chi connectivity index (χ1v) is 7.20. The molecule has 1 saturated carbocycles. The van der Waals surface area contributed by atoms with E-state index in [1.807, 2.05) is 4.90 Å². The van der Waals surface area contributed by atoms with Crippen molar-refractivity contribution in [1.29, 1.82) is 0 Å². The molecular formula is C14H26N2O. The van der Waals surface area contributed by atoms with Crippen LogP contribution in [0, 0.1) is 5.92 Å². The van der Waals surface area contributed by atoms with Crippen molar-refractivity contribution < 1.29 is 4.79 Å². The molecule has 2 fully saturated rings. The molecule has 2 atom stereocenters. The van der Waals surface area contributed by atoms with Gasteiger partial charge in [0.1, 0.15) is 0 Å². The van der Waals surface area contributed by atoms with Gasteiger partial charge in [-0.3, -0.25) is 9.69 Å². The zero-order chi connectivity index (χ0) is 12.3. The van der Waals surface area contributed by atoms with Gasteiger partial charge in [0.05, 0.1) is 0 Å². The van der Waals surface area contributed by atoms with Crippen LogP contribution in [0.4, 0.5) is 0 Å². The average Bonchev–Trinajstić information content (AvgIpc) is 2.39. The standard InChI is InChI=1S/C14H26N2O/c1-3-13-5-4-6-14(11-13)16-9-7-15(8-10-16)12(2)17/h13-14H,3-11H2,1-2H3. The summed E-state index contributed by atoms with van der Waals surface area (Å²) in [6.45, 7) is 8.04. The lowest BCUT2D eigenvalue weighted by atomic mass is 9.83. The molecule has 0 aromatic carbocycles. The number of nitrogens with zero attached hydrogens (tertiary/aromatic N) is 2. The van der Waals surface area contributed by atoms with Crippen LogP contribution in [0.25, 0.3) is 0 Å². The molecule has 2 unspecified atom stereocenters. The average molecular weight is 238 g/mol. The molecule has 1 saturated heterocycles. The summed E-state index contributed by atoms with van der Waals surface area (Å²) in [5.74, 6) is 1.18. The minimum Gasteiger partial charge on any atom is -0.340 e. The number of carbonyl (C=O) groups is 1. The smallest absolute Gasteiger partial charge is 0.219 e. The summed E-state index contributed by atoms with van der Waals surface area (Å²) < 4.78 is 0. The molecule has 0 spiro atoms. The second-order valence-electron chi connectivity index (χ2n) is 5.64. The molecule has 1 amide bonds. The summed E-state index contributed by atoms with van der Waals surface area (Å²) in [5, 5.41) is 0. The SMILES string of the molecule is CCC1CCCC(N2CCN(C(C)=O)CC2)C1. The van der Waals surface area contributed by atoms with Crippen molar-refractivity contribution >= 4 is 5.91 Å². The van der Waals surface area contributed by atoms with E-state index < -0.39 is 0 Å². The number of piperazine rings is 1. The molecule has 1 aliphatic carbocycles. The van der Waals surface area contributed by atoms with Gasteiger partial charge < -0.3 is 4.90 Å². The Morgan fingerprint density at radius 1 is 1.18 bits per heavy atom. The van der Waals surface area contributed by atoms with Crippen LogP contribution in [-0.2, 0) is 4.79 Å². The summed E-state index contributed by atoms with van der Waals surface area (Å²) in [6.07, 6.45) is 6.92. The summed E-state index contributed by atoms with van der Waals surface area (Å²) >= 11 is 0. The molecule has 98 valence electrons. The first-order chi connectivity index (χ1) is 8.20. The van der Waals surface area contributed by atoms with Crippen molar-refractivity contribution in [1.82, 2.24) is 9.80 Å². The van der Waals surface area contributed by atoms with E-state index in [9.17, 15) is 4.79 Å². The van der Waals surface area contributed by atoms with Crippen LogP contribution in [0.1, 0.15) is 46.0 Å². The van der Waals surface area contributed by atoms with E-state index in [2.05, 4.69) is 11.8 Å².